The molecule has 0 aliphatic heterocycles. The third-order valence-corrected chi connectivity index (χ3v) is 2.37. The molecule has 1 aliphatic rings. The molecule has 0 unspecified atom stereocenters. The summed E-state index contributed by atoms with van der Waals surface area (Å²) in [4.78, 5) is 10.6. The van der Waals surface area contributed by atoms with Gasteiger partial charge in [-0.3, -0.25) is 0 Å². The maximum Gasteiger partial charge on any atom is 0.384 e. The van der Waals surface area contributed by atoms with Crippen molar-refractivity contribution in [3.8, 4) is 12.3 Å². The molecule has 0 aromatic heterocycles. The summed E-state index contributed by atoms with van der Waals surface area (Å²) < 4.78 is 4.71. The molecule has 1 aliphatic carbocycles. The van der Waals surface area contributed by atoms with Crippen LogP contribution in [0, 0.1) is 12.3 Å². The van der Waals surface area contributed by atoms with E-state index in [2.05, 4.69) is 0 Å². The number of esters is 1. The molecule has 0 bridgehead atoms. The van der Waals surface area contributed by atoms with Crippen molar-refractivity contribution in [3.63, 3.8) is 0 Å². The van der Waals surface area contributed by atoms with Gasteiger partial charge in [0, 0.05) is 5.92 Å². The minimum absolute atomic E-state index is 0.0377. The minimum Gasteiger partial charge on any atom is -0.453 e. The Balaban J connectivity index is 2.34. The summed E-state index contributed by atoms with van der Waals surface area (Å²) in [5.41, 5.74) is -0.829. The van der Waals surface area contributed by atoms with Gasteiger partial charge in [-0.15, -0.1) is 6.42 Å². The van der Waals surface area contributed by atoms with E-state index in [1.807, 2.05) is 5.92 Å². The minimum atomic E-state index is -0.829. The molecule has 0 aromatic rings. The van der Waals surface area contributed by atoms with Crippen LogP contribution in [0.4, 0.5) is 0 Å². The zero-order chi connectivity index (χ0) is 9.73. The van der Waals surface area contributed by atoms with E-state index in [4.69, 9.17) is 11.2 Å². The molecule has 13 heavy (non-hydrogen) atoms. The van der Waals surface area contributed by atoms with Gasteiger partial charge in [0.1, 0.15) is 6.61 Å². The van der Waals surface area contributed by atoms with Crippen LogP contribution >= 0.6 is 0 Å². The molecule has 0 amide bonds. The molecular formula is C10H14O3. The van der Waals surface area contributed by atoms with Crippen LogP contribution in [0.5, 0.6) is 0 Å². The first kappa shape index (κ1) is 10.1. The summed E-state index contributed by atoms with van der Waals surface area (Å²) in [6, 6.07) is 0. The highest BCUT2D eigenvalue weighted by molar-refractivity contribution is 5.87. The molecule has 3 heteroatoms. The molecule has 0 aromatic carbocycles. The lowest BCUT2D eigenvalue weighted by Gasteiger charge is -2.30. The average Bonchev–Trinajstić information content (AvgIpc) is 2.15. The first-order chi connectivity index (χ1) is 6.16. The maximum atomic E-state index is 10.6. The number of terminal acetylenes is 1. The van der Waals surface area contributed by atoms with Crippen molar-refractivity contribution >= 4 is 5.97 Å². The molecule has 0 atom stereocenters. The Bertz CT molecular complexity index is 221. The van der Waals surface area contributed by atoms with E-state index in [0.29, 0.717) is 12.8 Å². The van der Waals surface area contributed by atoms with E-state index in [1.165, 1.54) is 0 Å². The van der Waals surface area contributed by atoms with Gasteiger partial charge in [0.25, 0.3) is 0 Å². The smallest absolute Gasteiger partial charge is 0.384 e. The Morgan fingerprint density at radius 2 is 2.08 bits per heavy atom. The molecule has 0 saturated heterocycles. The van der Waals surface area contributed by atoms with Crippen molar-refractivity contribution in [2.24, 2.45) is 0 Å². The molecular weight excluding hydrogens is 168 g/mol. The van der Waals surface area contributed by atoms with Crippen molar-refractivity contribution in [2.75, 3.05) is 6.61 Å². The van der Waals surface area contributed by atoms with Crippen LogP contribution in [0.1, 0.15) is 32.1 Å². The number of aliphatic hydroxyl groups is 1. The Hall–Kier alpha value is -1.01. The third-order valence-electron chi connectivity index (χ3n) is 2.37. The highest BCUT2D eigenvalue weighted by atomic mass is 16.5. The number of carbonyl (C=O) groups excluding carboxylic acids is 1. The predicted molar refractivity (Wildman–Crippen MR) is 47.8 cm³/mol. The second-order valence-corrected chi connectivity index (χ2v) is 3.51. The zero-order valence-corrected chi connectivity index (χ0v) is 7.58. The molecule has 3 nitrogen and oxygen atoms in total. The summed E-state index contributed by atoms with van der Waals surface area (Å²) in [7, 11) is 0. The normalized spacial score (nSPS) is 20.3. The van der Waals surface area contributed by atoms with Crippen molar-refractivity contribution < 1.29 is 14.6 Å². The van der Waals surface area contributed by atoms with E-state index in [1.54, 1.807) is 0 Å². The predicted octanol–water partition coefficient (Wildman–Crippen LogP) is 0.858. The molecule has 1 saturated carbocycles. The van der Waals surface area contributed by atoms with Crippen LogP contribution in [-0.4, -0.2) is 23.3 Å². The van der Waals surface area contributed by atoms with E-state index in [-0.39, 0.29) is 6.61 Å². The second kappa shape index (κ2) is 4.29. The second-order valence-electron chi connectivity index (χ2n) is 3.51. The van der Waals surface area contributed by atoms with Crippen molar-refractivity contribution in [1.82, 2.24) is 0 Å². The van der Waals surface area contributed by atoms with Gasteiger partial charge in [0.05, 0.1) is 5.60 Å². The van der Waals surface area contributed by atoms with Gasteiger partial charge in [0.15, 0.2) is 0 Å². The summed E-state index contributed by atoms with van der Waals surface area (Å²) in [5, 5.41) is 9.87. The standard InChI is InChI=1S/C10H14O3/c1-2-9(11)13-8-10(12)6-4-3-5-7-10/h1,12H,3-8H2. The first-order valence-electron chi connectivity index (χ1n) is 4.52. The van der Waals surface area contributed by atoms with Crippen LogP contribution in [0.2, 0.25) is 0 Å². The van der Waals surface area contributed by atoms with Gasteiger partial charge < -0.3 is 9.84 Å². The van der Waals surface area contributed by atoms with E-state index >= 15 is 0 Å². The zero-order valence-electron chi connectivity index (χ0n) is 7.58. The van der Waals surface area contributed by atoms with E-state index in [0.717, 1.165) is 19.3 Å². The van der Waals surface area contributed by atoms with Crippen molar-refractivity contribution in [3.05, 3.63) is 0 Å². The Morgan fingerprint density at radius 3 is 2.62 bits per heavy atom. The van der Waals surface area contributed by atoms with Crippen LogP contribution in [0.3, 0.4) is 0 Å². The lowest BCUT2D eigenvalue weighted by atomic mass is 9.86. The Kier molecular flexibility index (Phi) is 3.32. The summed E-state index contributed by atoms with van der Waals surface area (Å²) in [5.74, 6) is 1.15. The number of rotatable bonds is 2. The highest BCUT2D eigenvalue weighted by Crippen LogP contribution is 2.27. The van der Waals surface area contributed by atoms with Crippen LogP contribution in [0.25, 0.3) is 0 Å². The summed E-state index contributed by atoms with van der Waals surface area (Å²) in [6.45, 7) is 0.0377. The average molecular weight is 182 g/mol. The summed E-state index contributed by atoms with van der Waals surface area (Å²) >= 11 is 0. The number of hydrogen-bond acceptors (Lipinski definition) is 3. The highest BCUT2D eigenvalue weighted by Gasteiger charge is 2.30. The fraction of sp³-hybridized carbons (Fsp3) is 0.700. The monoisotopic (exact) mass is 182 g/mol. The van der Waals surface area contributed by atoms with Gasteiger partial charge in [-0.1, -0.05) is 19.3 Å². The number of carbonyl (C=O) groups is 1. The lowest BCUT2D eigenvalue weighted by Crippen LogP contribution is -2.37. The van der Waals surface area contributed by atoms with Crippen LogP contribution in [-0.2, 0) is 9.53 Å². The molecule has 0 heterocycles. The van der Waals surface area contributed by atoms with Gasteiger partial charge in [-0.05, 0) is 12.8 Å². The SMILES string of the molecule is C#CC(=O)OCC1(O)CCCCC1. The maximum absolute atomic E-state index is 10.6. The van der Waals surface area contributed by atoms with Gasteiger partial charge in [-0.2, -0.15) is 0 Å². The molecule has 72 valence electrons. The quantitative estimate of drug-likeness (QED) is 0.391. The van der Waals surface area contributed by atoms with Crippen molar-refractivity contribution in [1.29, 1.82) is 0 Å². The lowest BCUT2D eigenvalue weighted by molar-refractivity contribution is -0.146. The third kappa shape index (κ3) is 3.08. The van der Waals surface area contributed by atoms with E-state index in [9.17, 15) is 9.90 Å². The van der Waals surface area contributed by atoms with Gasteiger partial charge >= 0.3 is 5.97 Å². The molecule has 1 N–H and O–H groups in total. The molecule has 0 spiro atoms. The number of ether oxygens (including phenoxy) is 1. The number of hydrogen-bond donors (Lipinski definition) is 1. The molecule has 1 rings (SSSR count). The Morgan fingerprint density at radius 1 is 1.46 bits per heavy atom. The van der Waals surface area contributed by atoms with Gasteiger partial charge in [-0.25, -0.2) is 4.79 Å². The topological polar surface area (TPSA) is 46.5 Å². The Labute approximate surface area is 78.1 Å². The molecule has 0 radical (unpaired) electrons. The van der Waals surface area contributed by atoms with E-state index < -0.39 is 11.6 Å². The first-order valence-corrected chi connectivity index (χ1v) is 4.52. The van der Waals surface area contributed by atoms with Gasteiger partial charge in [0.2, 0.25) is 0 Å². The largest absolute Gasteiger partial charge is 0.453 e. The molecule has 1 fully saturated rings. The fourth-order valence-electron chi connectivity index (χ4n) is 1.60. The fourth-order valence-corrected chi connectivity index (χ4v) is 1.60. The van der Waals surface area contributed by atoms with Crippen LogP contribution in [0.15, 0.2) is 0 Å². The van der Waals surface area contributed by atoms with Crippen molar-refractivity contribution in [2.45, 2.75) is 37.7 Å². The summed E-state index contributed by atoms with van der Waals surface area (Å²) in [6.07, 6.45) is 9.35. The van der Waals surface area contributed by atoms with Crippen LogP contribution < -0.4 is 0 Å².